The van der Waals surface area contributed by atoms with Crippen LogP contribution in [0.15, 0.2) is 0 Å². The molecule has 3 nitrogen and oxygen atoms in total. The summed E-state index contributed by atoms with van der Waals surface area (Å²) in [5, 5.41) is 11.4. The number of hydrogen-bond acceptors (Lipinski definition) is 2. The van der Waals surface area contributed by atoms with Gasteiger partial charge < -0.3 is 10.4 Å². The van der Waals surface area contributed by atoms with E-state index in [-0.39, 0.29) is 12.5 Å². The lowest BCUT2D eigenvalue weighted by atomic mass is 10.1. The summed E-state index contributed by atoms with van der Waals surface area (Å²) in [5.74, 6) is 0.152. The number of unbranched alkanes of at least 4 members (excludes halogenated alkanes) is 4. The van der Waals surface area contributed by atoms with Crippen LogP contribution < -0.4 is 5.32 Å². The predicted octanol–water partition coefficient (Wildman–Crippen LogP) is 1.85. The minimum atomic E-state index is 0.152. The molecule has 2 N–H and O–H groups in total. The molecule has 0 saturated heterocycles. The largest absolute Gasteiger partial charge is 0.396 e. The average Bonchev–Trinajstić information content (AvgIpc) is 2.19. The Bertz CT molecular complexity index is 123. The standard InChI is InChI=1S/C11H23NO2/c1-2-3-4-5-8-11(14)12-9-6-7-10-13/h13H,2-10H2,1H3,(H,12,14). The molecule has 0 atom stereocenters. The Morgan fingerprint density at radius 2 is 1.93 bits per heavy atom. The first kappa shape index (κ1) is 13.4. The smallest absolute Gasteiger partial charge is 0.219 e. The zero-order valence-electron chi connectivity index (χ0n) is 9.22. The predicted molar refractivity (Wildman–Crippen MR) is 58.1 cm³/mol. The fourth-order valence-corrected chi connectivity index (χ4v) is 1.27. The van der Waals surface area contributed by atoms with Crippen molar-refractivity contribution in [1.29, 1.82) is 0 Å². The molecule has 0 heterocycles. The summed E-state index contributed by atoms with van der Waals surface area (Å²) in [4.78, 5) is 11.2. The van der Waals surface area contributed by atoms with Crippen molar-refractivity contribution in [2.24, 2.45) is 0 Å². The Morgan fingerprint density at radius 1 is 1.14 bits per heavy atom. The average molecular weight is 201 g/mol. The van der Waals surface area contributed by atoms with Gasteiger partial charge in [-0.25, -0.2) is 0 Å². The maximum absolute atomic E-state index is 11.2. The summed E-state index contributed by atoms with van der Waals surface area (Å²) in [6.07, 6.45) is 6.88. The highest BCUT2D eigenvalue weighted by molar-refractivity contribution is 5.75. The Morgan fingerprint density at radius 3 is 2.57 bits per heavy atom. The van der Waals surface area contributed by atoms with Gasteiger partial charge in [0.05, 0.1) is 0 Å². The quantitative estimate of drug-likeness (QED) is 0.559. The number of carbonyl (C=O) groups excluding carboxylic acids is 1. The molecule has 0 aliphatic rings. The van der Waals surface area contributed by atoms with Gasteiger partial charge in [-0.1, -0.05) is 26.2 Å². The van der Waals surface area contributed by atoms with Crippen molar-refractivity contribution >= 4 is 5.91 Å². The van der Waals surface area contributed by atoms with E-state index in [9.17, 15) is 4.79 Å². The van der Waals surface area contributed by atoms with Gasteiger partial charge in [0.2, 0.25) is 5.91 Å². The molecule has 0 aliphatic heterocycles. The van der Waals surface area contributed by atoms with Gasteiger partial charge in [-0.3, -0.25) is 4.79 Å². The Labute approximate surface area is 86.9 Å². The van der Waals surface area contributed by atoms with Gasteiger partial charge in [-0.2, -0.15) is 0 Å². The van der Waals surface area contributed by atoms with E-state index < -0.39 is 0 Å². The van der Waals surface area contributed by atoms with Gasteiger partial charge in [0.15, 0.2) is 0 Å². The summed E-state index contributed by atoms with van der Waals surface area (Å²) >= 11 is 0. The molecule has 0 rings (SSSR count). The maximum atomic E-state index is 11.2. The third-order valence-electron chi connectivity index (χ3n) is 2.16. The topological polar surface area (TPSA) is 49.3 Å². The zero-order valence-corrected chi connectivity index (χ0v) is 9.22. The van der Waals surface area contributed by atoms with E-state index in [1.54, 1.807) is 0 Å². The van der Waals surface area contributed by atoms with Crippen LogP contribution in [0.3, 0.4) is 0 Å². The van der Waals surface area contributed by atoms with Crippen molar-refractivity contribution < 1.29 is 9.90 Å². The van der Waals surface area contributed by atoms with Gasteiger partial charge in [-0.15, -0.1) is 0 Å². The molecule has 0 aromatic carbocycles. The van der Waals surface area contributed by atoms with Crippen LogP contribution in [0.25, 0.3) is 0 Å². The second-order valence-corrected chi connectivity index (χ2v) is 3.59. The molecule has 14 heavy (non-hydrogen) atoms. The van der Waals surface area contributed by atoms with E-state index >= 15 is 0 Å². The maximum Gasteiger partial charge on any atom is 0.219 e. The number of aliphatic hydroxyl groups is 1. The first-order chi connectivity index (χ1) is 6.81. The van der Waals surface area contributed by atoms with Crippen LogP contribution in [0.5, 0.6) is 0 Å². The second kappa shape index (κ2) is 10.5. The van der Waals surface area contributed by atoms with Gasteiger partial charge in [0.25, 0.3) is 0 Å². The summed E-state index contributed by atoms with van der Waals surface area (Å²) in [5.41, 5.74) is 0. The number of hydrogen-bond donors (Lipinski definition) is 2. The summed E-state index contributed by atoms with van der Waals surface area (Å²) < 4.78 is 0. The molecule has 0 radical (unpaired) electrons. The molecular weight excluding hydrogens is 178 g/mol. The van der Waals surface area contributed by atoms with Gasteiger partial charge in [-0.05, 0) is 19.3 Å². The fourth-order valence-electron chi connectivity index (χ4n) is 1.27. The molecule has 0 bridgehead atoms. The van der Waals surface area contributed by atoms with Crippen molar-refractivity contribution in [3.63, 3.8) is 0 Å². The van der Waals surface area contributed by atoms with Crippen LogP contribution in [-0.2, 0) is 4.79 Å². The second-order valence-electron chi connectivity index (χ2n) is 3.59. The SMILES string of the molecule is CCCCCCC(=O)NCCCCO. The number of carbonyl (C=O) groups is 1. The summed E-state index contributed by atoms with van der Waals surface area (Å²) in [7, 11) is 0. The first-order valence-corrected chi connectivity index (χ1v) is 5.68. The Hall–Kier alpha value is -0.570. The van der Waals surface area contributed by atoms with Gasteiger partial charge in [0.1, 0.15) is 0 Å². The van der Waals surface area contributed by atoms with E-state index in [0.717, 1.165) is 25.7 Å². The van der Waals surface area contributed by atoms with E-state index in [1.165, 1.54) is 12.8 Å². The molecule has 1 amide bonds. The minimum absolute atomic E-state index is 0.152. The van der Waals surface area contributed by atoms with Gasteiger partial charge in [0, 0.05) is 19.6 Å². The Kier molecular flexibility index (Phi) is 10.1. The fraction of sp³-hybridized carbons (Fsp3) is 0.909. The molecule has 0 aromatic rings. The molecule has 0 saturated carbocycles. The van der Waals surface area contributed by atoms with Crippen molar-refractivity contribution in [3.05, 3.63) is 0 Å². The van der Waals surface area contributed by atoms with Crippen molar-refractivity contribution in [2.75, 3.05) is 13.2 Å². The van der Waals surface area contributed by atoms with E-state index in [0.29, 0.717) is 13.0 Å². The summed E-state index contributed by atoms with van der Waals surface area (Å²) in [6, 6.07) is 0. The molecule has 0 unspecified atom stereocenters. The molecule has 84 valence electrons. The normalized spacial score (nSPS) is 10.1. The Balaban J connectivity index is 3.11. The highest BCUT2D eigenvalue weighted by Crippen LogP contribution is 2.01. The van der Waals surface area contributed by atoms with Crippen LogP contribution in [0, 0.1) is 0 Å². The monoisotopic (exact) mass is 201 g/mol. The number of aliphatic hydroxyl groups excluding tert-OH is 1. The van der Waals surface area contributed by atoms with Crippen LogP contribution >= 0.6 is 0 Å². The van der Waals surface area contributed by atoms with Crippen LogP contribution in [0.1, 0.15) is 51.9 Å². The molecule has 0 aliphatic carbocycles. The van der Waals surface area contributed by atoms with Crippen LogP contribution in [-0.4, -0.2) is 24.2 Å². The van der Waals surface area contributed by atoms with E-state index in [2.05, 4.69) is 12.2 Å². The number of rotatable bonds is 9. The zero-order chi connectivity index (χ0) is 10.6. The minimum Gasteiger partial charge on any atom is -0.396 e. The molecule has 3 heteroatoms. The molecule has 0 fully saturated rings. The number of amides is 1. The van der Waals surface area contributed by atoms with E-state index in [4.69, 9.17) is 5.11 Å². The van der Waals surface area contributed by atoms with Crippen LogP contribution in [0.2, 0.25) is 0 Å². The van der Waals surface area contributed by atoms with Crippen LogP contribution in [0.4, 0.5) is 0 Å². The molecule has 0 aromatic heterocycles. The number of nitrogens with one attached hydrogen (secondary N) is 1. The van der Waals surface area contributed by atoms with Crippen molar-refractivity contribution in [2.45, 2.75) is 51.9 Å². The molecule has 0 spiro atoms. The summed E-state index contributed by atoms with van der Waals surface area (Å²) in [6.45, 7) is 3.08. The lowest BCUT2D eigenvalue weighted by Crippen LogP contribution is -2.24. The lowest BCUT2D eigenvalue weighted by Gasteiger charge is -2.03. The highest BCUT2D eigenvalue weighted by Gasteiger charge is 1.99. The lowest BCUT2D eigenvalue weighted by molar-refractivity contribution is -0.121. The first-order valence-electron chi connectivity index (χ1n) is 5.68. The molecular formula is C11H23NO2. The third-order valence-corrected chi connectivity index (χ3v) is 2.16. The van der Waals surface area contributed by atoms with E-state index in [1.807, 2.05) is 0 Å². The van der Waals surface area contributed by atoms with Crippen molar-refractivity contribution in [1.82, 2.24) is 5.32 Å². The third kappa shape index (κ3) is 9.52. The highest BCUT2D eigenvalue weighted by atomic mass is 16.2. The van der Waals surface area contributed by atoms with Crippen molar-refractivity contribution in [3.8, 4) is 0 Å². The van der Waals surface area contributed by atoms with Gasteiger partial charge >= 0.3 is 0 Å².